The SMILES string of the molecule is O[C@H]1CCCN(Cc2ccc(Br)cc2F)C1. The van der Waals surface area contributed by atoms with Crippen molar-refractivity contribution in [1.82, 2.24) is 4.90 Å². The van der Waals surface area contributed by atoms with E-state index >= 15 is 0 Å². The van der Waals surface area contributed by atoms with E-state index < -0.39 is 0 Å². The highest BCUT2D eigenvalue weighted by Crippen LogP contribution is 2.19. The normalized spacial score (nSPS) is 22.3. The summed E-state index contributed by atoms with van der Waals surface area (Å²) in [5, 5.41) is 9.53. The molecule has 1 saturated heterocycles. The van der Waals surface area contributed by atoms with E-state index in [0.29, 0.717) is 18.7 Å². The quantitative estimate of drug-likeness (QED) is 0.904. The molecular weight excluding hydrogens is 273 g/mol. The van der Waals surface area contributed by atoms with Crippen molar-refractivity contribution in [1.29, 1.82) is 0 Å². The van der Waals surface area contributed by atoms with E-state index in [-0.39, 0.29) is 11.9 Å². The number of piperidine rings is 1. The third-order valence-electron chi connectivity index (χ3n) is 2.89. The smallest absolute Gasteiger partial charge is 0.128 e. The van der Waals surface area contributed by atoms with Crippen molar-refractivity contribution in [3.63, 3.8) is 0 Å². The first-order valence-electron chi connectivity index (χ1n) is 5.49. The van der Waals surface area contributed by atoms with Crippen molar-refractivity contribution < 1.29 is 9.50 Å². The zero-order chi connectivity index (χ0) is 11.5. The lowest BCUT2D eigenvalue weighted by atomic mass is 10.1. The Hall–Kier alpha value is -0.450. The molecule has 1 heterocycles. The summed E-state index contributed by atoms with van der Waals surface area (Å²) in [6.07, 6.45) is 1.59. The van der Waals surface area contributed by atoms with Crippen LogP contribution >= 0.6 is 15.9 Å². The number of aliphatic hydroxyl groups excluding tert-OH is 1. The van der Waals surface area contributed by atoms with Crippen LogP contribution in [0.15, 0.2) is 22.7 Å². The van der Waals surface area contributed by atoms with Crippen LogP contribution in [0.4, 0.5) is 4.39 Å². The molecule has 0 bridgehead atoms. The zero-order valence-electron chi connectivity index (χ0n) is 9.00. The van der Waals surface area contributed by atoms with Gasteiger partial charge >= 0.3 is 0 Å². The summed E-state index contributed by atoms with van der Waals surface area (Å²) in [6.45, 7) is 2.16. The highest BCUT2D eigenvalue weighted by molar-refractivity contribution is 9.10. The van der Waals surface area contributed by atoms with E-state index in [4.69, 9.17) is 0 Å². The van der Waals surface area contributed by atoms with E-state index in [1.54, 1.807) is 6.07 Å². The van der Waals surface area contributed by atoms with E-state index in [1.807, 2.05) is 6.07 Å². The minimum atomic E-state index is -0.257. The molecule has 0 unspecified atom stereocenters. The average Bonchev–Trinajstić information content (AvgIpc) is 2.22. The van der Waals surface area contributed by atoms with Gasteiger partial charge in [0.2, 0.25) is 0 Å². The Balaban J connectivity index is 2.02. The lowest BCUT2D eigenvalue weighted by Crippen LogP contribution is -2.37. The highest BCUT2D eigenvalue weighted by atomic mass is 79.9. The predicted octanol–water partition coefficient (Wildman–Crippen LogP) is 2.54. The lowest BCUT2D eigenvalue weighted by Gasteiger charge is -2.30. The number of aliphatic hydroxyl groups is 1. The monoisotopic (exact) mass is 287 g/mol. The van der Waals surface area contributed by atoms with Crippen LogP contribution in [0.25, 0.3) is 0 Å². The van der Waals surface area contributed by atoms with Crippen molar-refractivity contribution in [2.24, 2.45) is 0 Å². The molecule has 16 heavy (non-hydrogen) atoms. The van der Waals surface area contributed by atoms with Gasteiger partial charge in [0.05, 0.1) is 6.10 Å². The van der Waals surface area contributed by atoms with Gasteiger partial charge in [-0.15, -0.1) is 0 Å². The van der Waals surface area contributed by atoms with Crippen molar-refractivity contribution >= 4 is 15.9 Å². The van der Waals surface area contributed by atoms with Crippen molar-refractivity contribution in [3.05, 3.63) is 34.1 Å². The molecule has 1 aromatic rings. The van der Waals surface area contributed by atoms with E-state index in [0.717, 1.165) is 23.9 Å². The van der Waals surface area contributed by atoms with E-state index in [1.165, 1.54) is 6.07 Å². The summed E-state index contributed by atoms with van der Waals surface area (Å²) in [5.74, 6) is -0.186. The number of hydrogen-bond acceptors (Lipinski definition) is 2. The maximum absolute atomic E-state index is 13.6. The van der Waals surface area contributed by atoms with Gasteiger partial charge in [0.25, 0.3) is 0 Å². The largest absolute Gasteiger partial charge is 0.392 e. The topological polar surface area (TPSA) is 23.5 Å². The van der Waals surface area contributed by atoms with Gasteiger partial charge in [-0.3, -0.25) is 4.90 Å². The molecular formula is C12H15BrFNO. The Labute approximate surface area is 103 Å². The van der Waals surface area contributed by atoms with Gasteiger partial charge in [-0.05, 0) is 31.5 Å². The third kappa shape index (κ3) is 3.03. The Kier molecular flexibility index (Phi) is 3.95. The van der Waals surface area contributed by atoms with Gasteiger partial charge in [0, 0.05) is 23.1 Å². The van der Waals surface area contributed by atoms with Gasteiger partial charge in [0.1, 0.15) is 5.82 Å². The van der Waals surface area contributed by atoms with Crippen LogP contribution in [-0.2, 0) is 6.54 Å². The number of rotatable bonds is 2. The summed E-state index contributed by atoms with van der Waals surface area (Å²) < 4.78 is 14.3. The second kappa shape index (κ2) is 5.25. The first-order valence-corrected chi connectivity index (χ1v) is 6.29. The minimum Gasteiger partial charge on any atom is -0.392 e. The Morgan fingerprint density at radius 3 is 3.00 bits per heavy atom. The van der Waals surface area contributed by atoms with Crippen LogP contribution in [0.1, 0.15) is 18.4 Å². The predicted molar refractivity (Wildman–Crippen MR) is 64.6 cm³/mol. The second-order valence-corrected chi connectivity index (χ2v) is 5.18. The van der Waals surface area contributed by atoms with Crippen molar-refractivity contribution in [2.45, 2.75) is 25.5 Å². The first kappa shape index (κ1) is 12.0. The molecule has 0 radical (unpaired) electrons. The van der Waals surface area contributed by atoms with Crippen LogP contribution in [0.2, 0.25) is 0 Å². The molecule has 1 N–H and O–H groups in total. The number of likely N-dealkylation sites (tertiary alicyclic amines) is 1. The molecule has 0 saturated carbocycles. The third-order valence-corrected chi connectivity index (χ3v) is 3.38. The summed E-state index contributed by atoms with van der Waals surface area (Å²) in [4.78, 5) is 2.10. The zero-order valence-corrected chi connectivity index (χ0v) is 10.6. The molecule has 0 amide bonds. The number of β-amino-alcohol motifs (C(OH)–C–C–N with tert-alkyl or cyclic N) is 1. The van der Waals surface area contributed by atoms with Crippen molar-refractivity contribution in [3.8, 4) is 0 Å². The van der Waals surface area contributed by atoms with Crippen LogP contribution in [0.3, 0.4) is 0 Å². The molecule has 1 aliphatic heterocycles. The van der Waals surface area contributed by atoms with Crippen LogP contribution in [0, 0.1) is 5.82 Å². The lowest BCUT2D eigenvalue weighted by molar-refractivity contribution is 0.0662. The Bertz CT molecular complexity index is 372. The number of hydrogen-bond donors (Lipinski definition) is 1. The summed E-state index contributed by atoms with van der Waals surface area (Å²) in [6, 6.07) is 5.12. The van der Waals surface area contributed by atoms with E-state index in [9.17, 15) is 9.50 Å². The molecule has 1 aromatic carbocycles. The van der Waals surface area contributed by atoms with E-state index in [2.05, 4.69) is 20.8 Å². The Morgan fingerprint density at radius 2 is 2.31 bits per heavy atom. The average molecular weight is 288 g/mol. The summed E-state index contributed by atoms with van der Waals surface area (Å²) in [5.41, 5.74) is 0.692. The molecule has 0 spiro atoms. The molecule has 1 atom stereocenters. The fourth-order valence-electron chi connectivity index (χ4n) is 2.07. The maximum atomic E-state index is 13.6. The first-order chi connectivity index (χ1) is 7.65. The van der Waals surface area contributed by atoms with Crippen LogP contribution < -0.4 is 0 Å². The number of halogens is 2. The summed E-state index contributed by atoms with van der Waals surface area (Å²) >= 11 is 3.24. The fourth-order valence-corrected chi connectivity index (χ4v) is 2.40. The minimum absolute atomic E-state index is 0.186. The molecule has 2 rings (SSSR count). The van der Waals surface area contributed by atoms with Gasteiger partial charge < -0.3 is 5.11 Å². The standard InChI is InChI=1S/C12H15BrFNO/c13-10-4-3-9(12(14)6-10)7-15-5-1-2-11(16)8-15/h3-4,6,11,16H,1-2,5,7-8H2/t11-/m0/s1. The number of benzene rings is 1. The summed E-state index contributed by atoms with van der Waals surface area (Å²) in [7, 11) is 0. The fraction of sp³-hybridized carbons (Fsp3) is 0.500. The molecule has 88 valence electrons. The van der Waals surface area contributed by atoms with Gasteiger partial charge in [-0.1, -0.05) is 22.0 Å². The Morgan fingerprint density at radius 1 is 1.50 bits per heavy atom. The van der Waals surface area contributed by atoms with Gasteiger partial charge in [0.15, 0.2) is 0 Å². The van der Waals surface area contributed by atoms with Gasteiger partial charge in [-0.25, -0.2) is 4.39 Å². The second-order valence-electron chi connectivity index (χ2n) is 4.27. The number of nitrogens with zero attached hydrogens (tertiary/aromatic N) is 1. The molecule has 2 nitrogen and oxygen atoms in total. The van der Waals surface area contributed by atoms with Crippen molar-refractivity contribution in [2.75, 3.05) is 13.1 Å². The van der Waals surface area contributed by atoms with Crippen LogP contribution in [-0.4, -0.2) is 29.2 Å². The van der Waals surface area contributed by atoms with Crippen LogP contribution in [0.5, 0.6) is 0 Å². The molecule has 4 heteroatoms. The maximum Gasteiger partial charge on any atom is 0.128 e. The molecule has 0 aliphatic carbocycles. The molecule has 1 fully saturated rings. The van der Waals surface area contributed by atoms with Gasteiger partial charge in [-0.2, -0.15) is 0 Å². The molecule has 1 aliphatic rings. The molecule has 0 aromatic heterocycles. The highest BCUT2D eigenvalue weighted by Gasteiger charge is 2.18.